The highest BCUT2D eigenvalue weighted by Gasteiger charge is 2.13. The number of nitrogen functional groups attached to an aromatic ring is 1. The van der Waals surface area contributed by atoms with Crippen LogP contribution >= 0.6 is 11.6 Å². The lowest BCUT2D eigenvalue weighted by atomic mass is 10.3. The third-order valence-corrected chi connectivity index (χ3v) is 4.06. The number of nitrogens with zero attached hydrogens (tertiary/aromatic N) is 5. The van der Waals surface area contributed by atoms with Crippen LogP contribution in [-0.4, -0.2) is 24.7 Å². The van der Waals surface area contributed by atoms with Crippen LogP contribution in [0.4, 0.5) is 11.8 Å². The van der Waals surface area contributed by atoms with Gasteiger partial charge in [0.15, 0.2) is 5.82 Å². The van der Waals surface area contributed by atoms with Gasteiger partial charge in [0, 0.05) is 12.3 Å². The van der Waals surface area contributed by atoms with Gasteiger partial charge in [0.2, 0.25) is 5.95 Å². The fraction of sp³-hybridized carbons (Fsp3) is 0.176. The number of nitrogens with one attached hydrogen (secondary N) is 1. The van der Waals surface area contributed by atoms with Crippen molar-refractivity contribution < 1.29 is 4.52 Å². The molecule has 0 aromatic carbocycles. The van der Waals surface area contributed by atoms with Crippen LogP contribution in [0.5, 0.6) is 0 Å². The van der Waals surface area contributed by atoms with Crippen molar-refractivity contribution in [1.29, 1.82) is 0 Å². The average molecular weight is 370 g/mol. The Bertz CT molecular complexity index is 1070. The van der Waals surface area contributed by atoms with Gasteiger partial charge in [0.1, 0.15) is 22.1 Å². The zero-order valence-corrected chi connectivity index (χ0v) is 14.7. The van der Waals surface area contributed by atoms with Crippen LogP contribution in [0, 0.1) is 6.92 Å². The molecule has 3 N–H and O–H groups in total. The van der Waals surface area contributed by atoms with E-state index in [0.29, 0.717) is 24.1 Å². The van der Waals surface area contributed by atoms with Crippen molar-refractivity contribution in [2.24, 2.45) is 0 Å². The van der Waals surface area contributed by atoms with Gasteiger partial charge < -0.3 is 20.1 Å². The standard InChI is InChI=1S/C17H16ClN7O/c1-10-7-12(24-26-10)8-20-16-15-13(22-17(19)23-16)5-6-25(15)9-11-3-2-4-14(18)21-11/h2-7H,8-9H2,1H3,(H3,19,20,22,23). The quantitative estimate of drug-likeness (QED) is 0.520. The molecule has 0 radical (unpaired) electrons. The summed E-state index contributed by atoms with van der Waals surface area (Å²) < 4.78 is 7.09. The molecule has 4 heterocycles. The van der Waals surface area contributed by atoms with E-state index in [1.165, 1.54) is 0 Å². The zero-order valence-electron chi connectivity index (χ0n) is 14.0. The molecule has 0 spiro atoms. The number of hydrogen-bond acceptors (Lipinski definition) is 7. The molecule has 0 bridgehead atoms. The van der Waals surface area contributed by atoms with E-state index in [4.69, 9.17) is 21.9 Å². The number of nitrogens with two attached hydrogens (primary N) is 1. The Morgan fingerprint density at radius 2 is 2.08 bits per heavy atom. The third-order valence-electron chi connectivity index (χ3n) is 3.85. The minimum absolute atomic E-state index is 0.204. The van der Waals surface area contributed by atoms with Crippen LogP contribution in [0.15, 0.2) is 41.1 Å². The number of anilines is 2. The van der Waals surface area contributed by atoms with E-state index in [2.05, 4.69) is 25.4 Å². The summed E-state index contributed by atoms with van der Waals surface area (Å²) in [6.07, 6.45) is 1.92. The predicted octanol–water partition coefficient (Wildman–Crippen LogP) is 3.02. The number of hydrogen-bond donors (Lipinski definition) is 2. The zero-order chi connectivity index (χ0) is 18.1. The van der Waals surface area contributed by atoms with E-state index >= 15 is 0 Å². The highest BCUT2D eigenvalue weighted by molar-refractivity contribution is 6.29. The van der Waals surface area contributed by atoms with Crippen LogP contribution in [0.1, 0.15) is 17.1 Å². The molecule has 0 saturated heterocycles. The summed E-state index contributed by atoms with van der Waals surface area (Å²) in [6.45, 7) is 2.85. The van der Waals surface area contributed by atoms with Crippen LogP contribution in [0.3, 0.4) is 0 Å². The number of fused-ring (bicyclic) bond motifs is 1. The van der Waals surface area contributed by atoms with Crippen molar-refractivity contribution in [3.05, 3.63) is 58.8 Å². The molecular formula is C17H16ClN7O. The summed E-state index contributed by atoms with van der Waals surface area (Å²) >= 11 is 5.99. The SMILES string of the molecule is Cc1cc(CNc2nc(N)nc3ccn(Cc4cccc(Cl)n4)c23)no1. The summed E-state index contributed by atoms with van der Waals surface area (Å²) in [5.41, 5.74) is 9.04. The van der Waals surface area contributed by atoms with E-state index in [-0.39, 0.29) is 5.95 Å². The molecule has 0 amide bonds. The minimum atomic E-state index is 0.204. The monoisotopic (exact) mass is 369 g/mol. The van der Waals surface area contributed by atoms with E-state index in [9.17, 15) is 0 Å². The summed E-state index contributed by atoms with van der Waals surface area (Å²) in [7, 11) is 0. The lowest BCUT2D eigenvalue weighted by Crippen LogP contribution is -2.08. The number of pyridine rings is 1. The van der Waals surface area contributed by atoms with E-state index in [1.54, 1.807) is 6.07 Å². The summed E-state index contributed by atoms with van der Waals surface area (Å²) in [4.78, 5) is 13.0. The Kier molecular flexibility index (Phi) is 4.18. The molecule has 132 valence electrons. The van der Waals surface area contributed by atoms with Gasteiger partial charge in [-0.2, -0.15) is 4.98 Å². The smallest absolute Gasteiger partial charge is 0.222 e. The van der Waals surface area contributed by atoms with Crippen molar-refractivity contribution >= 4 is 34.4 Å². The second-order valence-corrected chi connectivity index (χ2v) is 6.23. The van der Waals surface area contributed by atoms with Crippen molar-refractivity contribution in [3.63, 3.8) is 0 Å². The molecule has 26 heavy (non-hydrogen) atoms. The Morgan fingerprint density at radius 3 is 2.85 bits per heavy atom. The first kappa shape index (κ1) is 16.3. The second kappa shape index (κ2) is 6.64. The fourth-order valence-electron chi connectivity index (χ4n) is 2.77. The van der Waals surface area contributed by atoms with Crippen molar-refractivity contribution in [2.75, 3.05) is 11.1 Å². The predicted molar refractivity (Wildman–Crippen MR) is 98.9 cm³/mol. The maximum absolute atomic E-state index is 5.99. The lowest BCUT2D eigenvalue weighted by molar-refractivity contribution is 0.391. The highest BCUT2D eigenvalue weighted by Crippen LogP contribution is 2.24. The Hall–Kier alpha value is -3.13. The molecule has 0 aliphatic rings. The summed E-state index contributed by atoms with van der Waals surface area (Å²) in [6, 6.07) is 9.29. The molecule has 0 aliphatic heterocycles. The molecule has 0 unspecified atom stereocenters. The Labute approximate surface area is 154 Å². The largest absolute Gasteiger partial charge is 0.368 e. The molecule has 0 atom stereocenters. The average Bonchev–Trinajstić information content (AvgIpc) is 3.19. The number of halogens is 1. The van der Waals surface area contributed by atoms with Crippen molar-refractivity contribution in [1.82, 2.24) is 24.7 Å². The van der Waals surface area contributed by atoms with Gasteiger partial charge in [0.25, 0.3) is 0 Å². The molecule has 4 aromatic heterocycles. The van der Waals surface area contributed by atoms with Gasteiger partial charge in [-0.15, -0.1) is 0 Å². The van der Waals surface area contributed by atoms with Gasteiger partial charge in [-0.1, -0.05) is 22.8 Å². The summed E-state index contributed by atoms with van der Waals surface area (Å²) in [5.74, 6) is 1.58. The Morgan fingerprint density at radius 1 is 1.19 bits per heavy atom. The van der Waals surface area contributed by atoms with Gasteiger partial charge in [0.05, 0.1) is 24.3 Å². The molecule has 8 nitrogen and oxygen atoms in total. The fourth-order valence-corrected chi connectivity index (χ4v) is 2.95. The van der Waals surface area contributed by atoms with Crippen LogP contribution in [0.2, 0.25) is 5.15 Å². The molecule has 0 aliphatic carbocycles. The first-order valence-electron chi connectivity index (χ1n) is 7.98. The Balaban J connectivity index is 1.68. The maximum atomic E-state index is 5.99. The van der Waals surface area contributed by atoms with Crippen LogP contribution in [-0.2, 0) is 13.1 Å². The topological polar surface area (TPSA) is 108 Å². The van der Waals surface area contributed by atoms with Gasteiger partial charge in [-0.05, 0) is 25.1 Å². The van der Waals surface area contributed by atoms with Crippen molar-refractivity contribution in [3.8, 4) is 0 Å². The van der Waals surface area contributed by atoms with Crippen molar-refractivity contribution in [2.45, 2.75) is 20.0 Å². The summed E-state index contributed by atoms with van der Waals surface area (Å²) in [5, 5.41) is 7.70. The van der Waals surface area contributed by atoms with E-state index in [0.717, 1.165) is 28.2 Å². The van der Waals surface area contributed by atoms with Gasteiger partial charge >= 0.3 is 0 Å². The third kappa shape index (κ3) is 3.31. The molecular weight excluding hydrogens is 354 g/mol. The first-order chi connectivity index (χ1) is 12.6. The molecule has 4 aromatic rings. The van der Waals surface area contributed by atoms with E-state index in [1.807, 2.05) is 42.0 Å². The molecule has 0 fully saturated rings. The number of aryl methyl sites for hydroxylation is 1. The second-order valence-electron chi connectivity index (χ2n) is 5.84. The number of aromatic nitrogens is 5. The van der Waals surface area contributed by atoms with Gasteiger partial charge in [-0.3, -0.25) is 0 Å². The normalized spacial score (nSPS) is 11.2. The number of rotatable bonds is 5. The minimum Gasteiger partial charge on any atom is -0.368 e. The highest BCUT2D eigenvalue weighted by atomic mass is 35.5. The van der Waals surface area contributed by atoms with Crippen LogP contribution in [0.25, 0.3) is 11.0 Å². The molecule has 4 rings (SSSR count). The molecule has 0 saturated carbocycles. The molecule has 9 heteroatoms. The van der Waals surface area contributed by atoms with E-state index < -0.39 is 0 Å². The van der Waals surface area contributed by atoms with Gasteiger partial charge in [-0.25, -0.2) is 9.97 Å². The lowest BCUT2D eigenvalue weighted by Gasteiger charge is -2.10. The first-order valence-corrected chi connectivity index (χ1v) is 8.36. The maximum Gasteiger partial charge on any atom is 0.222 e. The van der Waals surface area contributed by atoms with Crippen LogP contribution < -0.4 is 11.1 Å².